The average molecular weight is 475 g/mol. The van der Waals surface area contributed by atoms with E-state index in [1.807, 2.05) is 39.8 Å². The Morgan fingerprint density at radius 3 is 2.09 bits per heavy atom. The fourth-order valence-corrected chi connectivity index (χ4v) is 4.75. The topological polar surface area (TPSA) is 98.5 Å². The molecule has 0 heterocycles. The van der Waals surface area contributed by atoms with Gasteiger partial charge in [-0.2, -0.15) is 0 Å². The summed E-state index contributed by atoms with van der Waals surface area (Å²) in [7, 11) is -2.61. The second-order valence-electron chi connectivity index (χ2n) is 8.29. The van der Waals surface area contributed by atoms with Gasteiger partial charge in [-0.25, -0.2) is 13.6 Å². The van der Waals surface area contributed by atoms with Crippen molar-refractivity contribution < 1.29 is 17.9 Å². The molecule has 3 rings (SSSR count). The fraction of sp³-hybridized carbons (Fsp3) is 0.292. The number of sulfonamides is 1. The highest BCUT2D eigenvalue weighted by molar-refractivity contribution is 7.89. The third kappa shape index (κ3) is 4.75. The number of hydrogen-bond acceptors (Lipinski definition) is 4. The van der Waals surface area contributed by atoms with Crippen LogP contribution in [0.15, 0.2) is 47.4 Å². The average Bonchev–Trinajstić information content (AvgIpc) is 2.72. The number of benzene rings is 3. The predicted octanol–water partition coefficient (Wildman–Crippen LogP) is 5.65. The summed E-state index contributed by atoms with van der Waals surface area (Å²) in [5.41, 5.74) is 2.37. The minimum absolute atomic E-state index is 0.00739. The Morgan fingerprint density at radius 2 is 1.59 bits per heavy atom. The minimum atomic E-state index is -4.15. The number of carbonyl (C=O) groups is 1. The molecule has 0 bridgehead atoms. The van der Waals surface area contributed by atoms with Crippen LogP contribution in [0.5, 0.6) is 5.75 Å². The molecule has 3 N–H and O–H groups in total. The Morgan fingerprint density at radius 1 is 1.00 bits per heavy atom. The molecule has 0 radical (unpaired) electrons. The van der Waals surface area contributed by atoms with Gasteiger partial charge in [0.25, 0.3) is 5.91 Å². The van der Waals surface area contributed by atoms with E-state index in [-0.39, 0.29) is 22.3 Å². The number of anilines is 1. The lowest BCUT2D eigenvalue weighted by Gasteiger charge is -2.22. The Bertz CT molecular complexity index is 1270. The molecule has 3 aromatic carbocycles. The summed E-state index contributed by atoms with van der Waals surface area (Å²) in [6, 6.07) is 11.7. The maximum atomic E-state index is 13.6. The number of hydrogen-bond donors (Lipinski definition) is 2. The largest absolute Gasteiger partial charge is 0.497 e. The molecule has 170 valence electrons. The molecule has 32 heavy (non-hydrogen) atoms. The van der Waals surface area contributed by atoms with Crippen LogP contribution in [-0.4, -0.2) is 21.4 Å². The number of ether oxygens (including phenoxy) is 1. The lowest BCUT2D eigenvalue weighted by Crippen LogP contribution is -2.22. The van der Waals surface area contributed by atoms with E-state index >= 15 is 0 Å². The van der Waals surface area contributed by atoms with Gasteiger partial charge in [-0.15, -0.1) is 0 Å². The highest BCUT2D eigenvalue weighted by Gasteiger charge is 2.25. The zero-order valence-electron chi connectivity index (χ0n) is 18.7. The van der Waals surface area contributed by atoms with E-state index in [0.717, 1.165) is 11.1 Å². The van der Waals surface area contributed by atoms with Crippen molar-refractivity contribution >= 4 is 44.0 Å². The summed E-state index contributed by atoms with van der Waals surface area (Å²) in [4.78, 5) is 13.4. The van der Waals surface area contributed by atoms with Crippen molar-refractivity contribution in [2.45, 2.75) is 44.4 Å². The molecule has 0 saturated carbocycles. The number of nitrogens with two attached hydrogens (primary N) is 1. The van der Waals surface area contributed by atoms with Crippen LogP contribution in [0, 0.1) is 0 Å². The molecule has 0 aliphatic heterocycles. The quantitative estimate of drug-likeness (QED) is 0.482. The molecular weight excluding hydrogens is 448 g/mol. The van der Waals surface area contributed by atoms with Gasteiger partial charge in [0.1, 0.15) is 5.75 Å². The molecule has 3 aromatic rings. The van der Waals surface area contributed by atoms with Crippen LogP contribution in [0.4, 0.5) is 5.69 Å². The van der Waals surface area contributed by atoms with Crippen LogP contribution in [0.1, 0.15) is 61.0 Å². The molecule has 0 spiro atoms. The maximum absolute atomic E-state index is 13.6. The summed E-state index contributed by atoms with van der Waals surface area (Å²) in [5, 5.41) is 10.1. The summed E-state index contributed by atoms with van der Waals surface area (Å²) in [5.74, 6) is 0.192. The first-order valence-corrected chi connectivity index (χ1v) is 12.1. The second-order valence-corrected chi connectivity index (χ2v) is 10.3. The van der Waals surface area contributed by atoms with Crippen molar-refractivity contribution in [2.75, 3.05) is 12.4 Å². The van der Waals surface area contributed by atoms with E-state index < -0.39 is 15.9 Å². The van der Waals surface area contributed by atoms with Crippen LogP contribution < -0.4 is 15.2 Å². The standard InChI is InChI=1S/C24H27ClN2O4S/c1-13(2)19-11-16(25)12-20(14(3)4)23(19)27-24(28)22-18-8-7-17(31-5)10-15(18)6-9-21(22)32(26,29)30/h6-14H,1-5H3,(H,27,28)(H2,26,29,30). The highest BCUT2D eigenvalue weighted by atomic mass is 35.5. The van der Waals surface area contributed by atoms with Gasteiger partial charge in [0.05, 0.1) is 17.6 Å². The number of fused-ring (bicyclic) bond motifs is 1. The smallest absolute Gasteiger partial charge is 0.257 e. The van der Waals surface area contributed by atoms with E-state index in [2.05, 4.69) is 5.32 Å². The molecule has 0 saturated heterocycles. The van der Waals surface area contributed by atoms with Crippen LogP contribution in [0.25, 0.3) is 10.8 Å². The Labute approximate surface area is 193 Å². The Kier molecular flexibility index (Phi) is 6.83. The van der Waals surface area contributed by atoms with Gasteiger partial charge in [0.2, 0.25) is 10.0 Å². The molecule has 0 aliphatic carbocycles. The van der Waals surface area contributed by atoms with Crippen molar-refractivity contribution in [2.24, 2.45) is 5.14 Å². The lowest BCUT2D eigenvalue weighted by atomic mass is 9.92. The summed E-state index contributed by atoms with van der Waals surface area (Å²) in [6.45, 7) is 8.02. The molecule has 6 nitrogen and oxygen atoms in total. The molecule has 0 aromatic heterocycles. The summed E-state index contributed by atoms with van der Waals surface area (Å²) < 4.78 is 29.9. The molecule has 0 aliphatic rings. The Balaban J connectivity index is 2.26. The van der Waals surface area contributed by atoms with Crippen molar-refractivity contribution in [1.82, 2.24) is 0 Å². The van der Waals surface area contributed by atoms with E-state index in [4.69, 9.17) is 21.5 Å². The lowest BCUT2D eigenvalue weighted by molar-refractivity contribution is 0.102. The minimum Gasteiger partial charge on any atom is -0.497 e. The summed E-state index contributed by atoms with van der Waals surface area (Å²) >= 11 is 6.34. The third-order valence-electron chi connectivity index (χ3n) is 5.37. The van der Waals surface area contributed by atoms with Crippen molar-refractivity contribution in [3.8, 4) is 5.75 Å². The fourth-order valence-electron chi connectivity index (χ4n) is 3.77. The van der Waals surface area contributed by atoms with E-state index in [9.17, 15) is 13.2 Å². The van der Waals surface area contributed by atoms with Gasteiger partial charge >= 0.3 is 0 Å². The number of methoxy groups -OCH3 is 1. The van der Waals surface area contributed by atoms with Gasteiger partial charge in [0.15, 0.2) is 0 Å². The van der Waals surface area contributed by atoms with Crippen LogP contribution in [-0.2, 0) is 10.0 Å². The van der Waals surface area contributed by atoms with Crippen molar-refractivity contribution in [3.05, 3.63) is 64.2 Å². The van der Waals surface area contributed by atoms with E-state index in [0.29, 0.717) is 27.2 Å². The summed E-state index contributed by atoms with van der Waals surface area (Å²) in [6.07, 6.45) is 0. The number of amides is 1. The number of rotatable bonds is 6. The molecule has 0 unspecified atom stereocenters. The number of carbonyl (C=O) groups excluding carboxylic acids is 1. The van der Waals surface area contributed by atoms with Gasteiger partial charge in [-0.3, -0.25) is 4.79 Å². The SMILES string of the molecule is COc1ccc2c(C(=O)Nc3c(C(C)C)cc(Cl)cc3C(C)C)c(S(N)(=O)=O)ccc2c1. The van der Waals surface area contributed by atoms with Crippen LogP contribution in [0.3, 0.4) is 0 Å². The molecule has 1 amide bonds. The van der Waals surface area contributed by atoms with E-state index in [1.54, 1.807) is 24.3 Å². The zero-order chi connectivity index (χ0) is 23.8. The van der Waals surface area contributed by atoms with Crippen LogP contribution in [0.2, 0.25) is 5.02 Å². The number of halogens is 1. The van der Waals surface area contributed by atoms with Gasteiger partial charge in [-0.1, -0.05) is 45.4 Å². The van der Waals surface area contributed by atoms with Crippen LogP contribution >= 0.6 is 11.6 Å². The first kappa shape index (κ1) is 24.0. The number of nitrogens with one attached hydrogen (secondary N) is 1. The normalized spacial score (nSPS) is 11.9. The number of primary sulfonamides is 1. The zero-order valence-corrected chi connectivity index (χ0v) is 20.3. The molecule has 0 fully saturated rings. The first-order chi connectivity index (χ1) is 14.9. The van der Waals surface area contributed by atoms with Gasteiger partial charge < -0.3 is 10.1 Å². The third-order valence-corrected chi connectivity index (χ3v) is 6.54. The van der Waals surface area contributed by atoms with Gasteiger partial charge in [0, 0.05) is 10.7 Å². The van der Waals surface area contributed by atoms with E-state index in [1.165, 1.54) is 13.2 Å². The first-order valence-electron chi connectivity index (χ1n) is 10.2. The Hall–Kier alpha value is -2.61. The monoisotopic (exact) mass is 474 g/mol. The molecular formula is C24H27ClN2O4S. The van der Waals surface area contributed by atoms with Crippen molar-refractivity contribution in [1.29, 1.82) is 0 Å². The predicted molar refractivity (Wildman–Crippen MR) is 129 cm³/mol. The second kappa shape index (κ2) is 9.10. The highest BCUT2D eigenvalue weighted by Crippen LogP contribution is 2.37. The molecule has 8 heteroatoms. The maximum Gasteiger partial charge on any atom is 0.257 e. The van der Waals surface area contributed by atoms with Gasteiger partial charge in [-0.05, 0) is 70.1 Å². The molecule has 0 atom stereocenters. The van der Waals surface area contributed by atoms with Crippen molar-refractivity contribution in [3.63, 3.8) is 0 Å².